The highest BCUT2D eigenvalue weighted by Gasteiger charge is 2.36. The van der Waals surface area contributed by atoms with Crippen molar-refractivity contribution < 1.29 is 18.7 Å². The van der Waals surface area contributed by atoms with Crippen molar-refractivity contribution in [3.05, 3.63) is 69.6 Å². The van der Waals surface area contributed by atoms with E-state index in [-0.39, 0.29) is 24.1 Å². The molecule has 23 heavy (non-hydrogen) atoms. The number of hydrogen-bond donors (Lipinski definition) is 2. The SMILES string of the molecule is O=C(c1ccc(=O)[nH]c1)N1CC(O)CC1c1ccc(F)c(F)c1. The van der Waals surface area contributed by atoms with Crippen molar-refractivity contribution in [3.63, 3.8) is 0 Å². The first-order valence-corrected chi connectivity index (χ1v) is 7.08. The molecule has 1 aliphatic rings. The summed E-state index contributed by atoms with van der Waals surface area (Å²) in [6, 6.07) is 5.48. The first-order valence-electron chi connectivity index (χ1n) is 7.08. The van der Waals surface area contributed by atoms with Crippen molar-refractivity contribution in [1.82, 2.24) is 9.88 Å². The number of aromatic amines is 1. The number of aliphatic hydroxyl groups excluding tert-OH is 1. The Morgan fingerprint density at radius 3 is 2.65 bits per heavy atom. The molecule has 2 atom stereocenters. The Labute approximate surface area is 130 Å². The minimum absolute atomic E-state index is 0.0849. The lowest BCUT2D eigenvalue weighted by Crippen LogP contribution is -2.32. The number of hydrogen-bond acceptors (Lipinski definition) is 3. The van der Waals surface area contributed by atoms with Crippen LogP contribution >= 0.6 is 0 Å². The number of rotatable bonds is 2. The highest BCUT2D eigenvalue weighted by Crippen LogP contribution is 2.33. The molecule has 0 spiro atoms. The van der Waals surface area contributed by atoms with Gasteiger partial charge in [0.05, 0.1) is 17.7 Å². The second-order valence-corrected chi connectivity index (χ2v) is 5.48. The number of amides is 1. The molecule has 120 valence electrons. The third-order valence-electron chi connectivity index (χ3n) is 3.90. The van der Waals surface area contributed by atoms with E-state index in [2.05, 4.69) is 4.98 Å². The van der Waals surface area contributed by atoms with Gasteiger partial charge in [0.25, 0.3) is 5.91 Å². The van der Waals surface area contributed by atoms with E-state index in [0.29, 0.717) is 5.56 Å². The summed E-state index contributed by atoms with van der Waals surface area (Å²) in [4.78, 5) is 27.4. The van der Waals surface area contributed by atoms with Crippen LogP contribution in [0.5, 0.6) is 0 Å². The largest absolute Gasteiger partial charge is 0.391 e. The van der Waals surface area contributed by atoms with E-state index in [1.54, 1.807) is 0 Å². The summed E-state index contributed by atoms with van der Waals surface area (Å²) in [5.74, 6) is -2.36. The third kappa shape index (κ3) is 3.00. The summed E-state index contributed by atoms with van der Waals surface area (Å²) in [6.07, 6.45) is 0.775. The van der Waals surface area contributed by atoms with Crippen LogP contribution in [0, 0.1) is 11.6 Å². The summed E-state index contributed by atoms with van der Waals surface area (Å²) in [5.41, 5.74) is 0.338. The molecule has 2 heterocycles. The van der Waals surface area contributed by atoms with E-state index >= 15 is 0 Å². The summed E-state index contributed by atoms with van der Waals surface area (Å²) < 4.78 is 26.5. The first-order chi connectivity index (χ1) is 11.0. The molecule has 1 fully saturated rings. The van der Waals surface area contributed by atoms with Crippen LogP contribution in [-0.2, 0) is 0 Å². The topological polar surface area (TPSA) is 73.4 Å². The Bertz CT molecular complexity index is 786. The molecule has 0 saturated carbocycles. The predicted octanol–water partition coefficient (Wildman–Crippen LogP) is 1.60. The zero-order valence-electron chi connectivity index (χ0n) is 12.0. The van der Waals surface area contributed by atoms with Gasteiger partial charge in [-0.15, -0.1) is 0 Å². The summed E-state index contributed by atoms with van der Waals surface area (Å²) in [7, 11) is 0. The van der Waals surface area contributed by atoms with Gasteiger partial charge in [-0.2, -0.15) is 0 Å². The zero-order chi connectivity index (χ0) is 16.6. The second-order valence-electron chi connectivity index (χ2n) is 5.48. The molecule has 1 amide bonds. The fourth-order valence-electron chi connectivity index (χ4n) is 2.78. The number of benzene rings is 1. The lowest BCUT2D eigenvalue weighted by molar-refractivity contribution is 0.0715. The number of halogens is 2. The van der Waals surface area contributed by atoms with Gasteiger partial charge in [-0.25, -0.2) is 8.78 Å². The van der Waals surface area contributed by atoms with Crippen LogP contribution in [0.3, 0.4) is 0 Å². The number of carbonyl (C=O) groups excluding carboxylic acids is 1. The maximum absolute atomic E-state index is 13.4. The Morgan fingerprint density at radius 2 is 2.00 bits per heavy atom. The van der Waals surface area contributed by atoms with Crippen molar-refractivity contribution in [3.8, 4) is 0 Å². The Hall–Kier alpha value is -2.54. The van der Waals surface area contributed by atoms with E-state index < -0.39 is 29.7 Å². The molecule has 2 aromatic rings. The van der Waals surface area contributed by atoms with Gasteiger partial charge in [-0.1, -0.05) is 6.07 Å². The minimum Gasteiger partial charge on any atom is -0.391 e. The van der Waals surface area contributed by atoms with E-state index in [1.807, 2.05) is 0 Å². The molecule has 2 N–H and O–H groups in total. The normalized spacial score (nSPS) is 20.7. The molecule has 0 aliphatic carbocycles. The van der Waals surface area contributed by atoms with E-state index in [4.69, 9.17) is 0 Å². The number of aromatic nitrogens is 1. The molecule has 7 heteroatoms. The number of aliphatic hydroxyl groups is 1. The van der Waals surface area contributed by atoms with Gasteiger partial charge in [-0.3, -0.25) is 9.59 Å². The molecular formula is C16H14F2N2O3. The Kier molecular flexibility index (Phi) is 3.96. The average Bonchev–Trinajstić information content (AvgIpc) is 2.92. The molecule has 5 nitrogen and oxygen atoms in total. The van der Waals surface area contributed by atoms with Crippen LogP contribution in [-0.4, -0.2) is 33.5 Å². The smallest absolute Gasteiger partial charge is 0.255 e. The van der Waals surface area contributed by atoms with Crippen LogP contribution in [0.25, 0.3) is 0 Å². The number of nitrogens with zero attached hydrogens (tertiary/aromatic N) is 1. The van der Waals surface area contributed by atoms with E-state index in [9.17, 15) is 23.5 Å². The van der Waals surface area contributed by atoms with Gasteiger partial charge in [0.1, 0.15) is 0 Å². The van der Waals surface area contributed by atoms with Crippen molar-refractivity contribution in [2.24, 2.45) is 0 Å². The van der Waals surface area contributed by atoms with Crippen LogP contribution in [0.2, 0.25) is 0 Å². The van der Waals surface area contributed by atoms with E-state index in [0.717, 1.165) is 12.1 Å². The van der Waals surface area contributed by atoms with Crippen LogP contribution in [0.1, 0.15) is 28.4 Å². The summed E-state index contributed by atoms with van der Waals surface area (Å²) in [6.45, 7) is 0.0849. The number of pyridine rings is 1. The second kappa shape index (κ2) is 5.92. The number of likely N-dealkylation sites (tertiary alicyclic amines) is 1. The molecule has 0 radical (unpaired) electrons. The third-order valence-corrected chi connectivity index (χ3v) is 3.90. The summed E-state index contributed by atoms with van der Waals surface area (Å²) >= 11 is 0. The van der Waals surface area contributed by atoms with Crippen molar-refractivity contribution in [1.29, 1.82) is 0 Å². The molecule has 1 aliphatic heterocycles. The maximum atomic E-state index is 13.4. The Morgan fingerprint density at radius 1 is 1.22 bits per heavy atom. The predicted molar refractivity (Wildman–Crippen MR) is 77.8 cm³/mol. The highest BCUT2D eigenvalue weighted by atomic mass is 19.2. The summed E-state index contributed by atoms with van der Waals surface area (Å²) in [5, 5.41) is 9.88. The number of β-amino-alcohol motifs (C(OH)–C–C–N with tert-alkyl or cyclic N) is 1. The zero-order valence-corrected chi connectivity index (χ0v) is 12.0. The molecule has 2 unspecified atom stereocenters. The fraction of sp³-hybridized carbons (Fsp3) is 0.250. The molecule has 1 aromatic carbocycles. The van der Waals surface area contributed by atoms with Crippen molar-refractivity contribution in [2.45, 2.75) is 18.6 Å². The minimum atomic E-state index is -1.000. The number of nitrogens with one attached hydrogen (secondary N) is 1. The average molecular weight is 320 g/mol. The van der Waals surface area contributed by atoms with Crippen LogP contribution < -0.4 is 5.56 Å². The van der Waals surface area contributed by atoms with Gasteiger partial charge >= 0.3 is 0 Å². The molecule has 0 bridgehead atoms. The van der Waals surface area contributed by atoms with Gasteiger partial charge in [-0.05, 0) is 30.2 Å². The van der Waals surface area contributed by atoms with Crippen molar-refractivity contribution in [2.75, 3.05) is 6.54 Å². The van der Waals surface area contributed by atoms with Gasteiger partial charge < -0.3 is 15.0 Å². The van der Waals surface area contributed by atoms with Crippen LogP contribution in [0.15, 0.2) is 41.3 Å². The van der Waals surface area contributed by atoms with Crippen molar-refractivity contribution >= 4 is 5.91 Å². The molecule has 3 rings (SSSR count). The van der Waals surface area contributed by atoms with Gasteiger partial charge in [0.15, 0.2) is 11.6 Å². The Balaban J connectivity index is 1.92. The quantitative estimate of drug-likeness (QED) is 0.883. The standard InChI is InChI=1S/C16H14F2N2O3/c17-12-3-1-9(5-13(12)18)14-6-11(21)8-20(14)16(23)10-2-4-15(22)19-7-10/h1-5,7,11,14,21H,6,8H2,(H,19,22). The number of H-pyrrole nitrogens is 1. The van der Waals surface area contributed by atoms with E-state index in [1.165, 1.54) is 29.3 Å². The highest BCUT2D eigenvalue weighted by molar-refractivity contribution is 5.94. The fourth-order valence-corrected chi connectivity index (χ4v) is 2.78. The first kappa shape index (κ1) is 15.4. The molecule has 1 aromatic heterocycles. The van der Waals surface area contributed by atoms with Crippen LogP contribution in [0.4, 0.5) is 8.78 Å². The lowest BCUT2D eigenvalue weighted by atomic mass is 10.0. The molecular weight excluding hydrogens is 306 g/mol. The van der Waals surface area contributed by atoms with Gasteiger partial charge in [0, 0.05) is 18.8 Å². The molecule has 1 saturated heterocycles. The monoisotopic (exact) mass is 320 g/mol. The van der Waals surface area contributed by atoms with Gasteiger partial charge in [0.2, 0.25) is 5.56 Å². The number of carbonyl (C=O) groups is 1. The maximum Gasteiger partial charge on any atom is 0.255 e. The lowest BCUT2D eigenvalue weighted by Gasteiger charge is -2.24.